The lowest BCUT2D eigenvalue weighted by Gasteiger charge is -2.47. The molecule has 3 heteroatoms. The van der Waals surface area contributed by atoms with Crippen molar-refractivity contribution in [2.75, 3.05) is 11.4 Å². The molecule has 2 nitrogen and oxygen atoms in total. The fourth-order valence-electron chi connectivity index (χ4n) is 4.37. The Labute approximate surface area is 171 Å². The Morgan fingerprint density at radius 3 is 2.56 bits per heavy atom. The van der Waals surface area contributed by atoms with Crippen molar-refractivity contribution in [1.29, 1.82) is 5.26 Å². The molecule has 0 aromatic heterocycles. The summed E-state index contributed by atoms with van der Waals surface area (Å²) >= 11 is 3.46. The van der Waals surface area contributed by atoms with E-state index in [1.54, 1.807) is 0 Å². The molecule has 1 heterocycles. The van der Waals surface area contributed by atoms with E-state index >= 15 is 0 Å². The standard InChI is InChI=1S/C24H27BrN2/c1-6-27-23-11-16(2)19(13-22(23)17(3)14-24(27,4)5)12-20(15-26)18-7-9-21(25)10-8-18/h7-13,17H,6,14H2,1-5H3/b20-12+. The van der Waals surface area contributed by atoms with E-state index in [1.165, 1.54) is 16.8 Å². The predicted molar refractivity (Wildman–Crippen MR) is 119 cm³/mol. The maximum Gasteiger partial charge on any atom is 0.0998 e. The Kier molecular flexibility index (Phi) is 5.49. The quantitative estimate of drug-likeness (QED) is 0.395. The van der Waals surface area contributed by atoms with Crippen LogP contribution in [0.25, 0.3) is 11.6 Å². The monoisotopic (exact) mass is 422 g/mol. The van der Waals surface area contributed by atoms with Crippen molar-refractivity contribution in [3.8, 4) is 6.07 Å². The van der Waals surface area contributed by atoms with Crippen molar-refractivity contribution in [2.24, 2.45) is 0 Å². The summed E-state index contributed by atoms with van der Waals surface area (Å²) in [6.07, 6.45) is 3.17. The van der Waals surface area contributed by atoms with E-state index < -0.39 is 0 Å². The fourth-order valence-corrected chi connectivity index (χ4v) is 4.63. The van der Waals surface area contributed by atoms with Gasteiger partial charge in [0.1, 0.15) is 0 Å². The van der Waals surface area contributed by atoms with Crippen LogP contribution in [0.4, 0.5) is 5.69 Å². The highest BCUT2D eigenvalue weighted by Gasteiger charge is 2.35. The number of halogens is 1. The highest BCUT2D eigenvalue weighted by atomic mass is 79.9. The molecule has 2 aromatic rings. The van der Waals surface area contributed by atoms with Crippen LogP contribution >= 0.6 is 15.9 Å². The van der Waals surface area contributed by atoms with E-state index in [9.17, 15) is 5.26 Å². The number of benzene rings is 2. The van der Waals surface area contributed by atoms with Crippen molar-refractivity contribution in [2.45, 2.75) is 52.5 Å². The van der Waals surface area contributed by atoms with Crippen LogP contribution in [0.2, 0.25) is 0 Å². The van der Waals surface area contributed by atoms with Crippen LogP contribution in [0.15, 0.2) is 40.9 Å². The second-order valence-electron chi connectivity index (χ2n) is 8.11. The number of hydrogen-bond acceptors (Lipinski definition) is 2. The Hall–Kier alpha value is -2.05. The van der Waals surface area contributed by atoms with Crippen LogP contribution in [-0.2, 0) is 0 Å². The molecule has 0 spiro atoms. The van der Waals surface area contributed by atoms with Gasteiger partial charge in [-0.05, 0) is 92.6 Å². The Bertz CT molecular complexity index is 917. The summed E-state index contributed by atoms with van der Waals surface area (Å²) in [7, 11) is 0. The third-order valence-electron chi connectivity index (χ3n) is 5.67. The minimum atomic E-state index is 0.167. The average Bonchev–Trinajstić information content (AvgIpc) is 2.61. The number of rotatable bonds is 3. The normalized spacial score (nSPS) is 18.8. The molecule has 1 aliphatic rings. The van der Waals surface area contributed by atoms with Crippen molar-refractivity contribution in [3.63, 3.8) is 0 Å². The second kappa shape index (κ2) is 7.52. The minimum absolute atomic E-state index is 0.167. The Morgan fingerprint density at radius 1 is 1.30 bits per heavy atom. The molecule has 0 amide bonds. The lowest BCUT2D eigenvalue weighted by molar-refractivity contribution is 0.381. The van der Waals surface area contributed by atoms with Gasteiger partial charge >= 0.3 is 0 Å². The fraction of sp³-hybridized carbons (Fsp3) is 0.375. The summed E-state index contributed by atoms with van der Waals surface area (Å²) in [6, 6.07) is 14.9. The van der Waals surface area contributed by atoms with Gasteiger partial charge in [0.15, 0.2) is 0 Å². The highest BCUT2D eigenvalue weighted by molar-refractivity contribution is 9.10. The summed E-state index contributed by atoms with van der Waals surface area (Å²) in [5, 5.41) is 9.70. The SMILES string of the molecule is CCN1c2cc(C)c(/C=C(\C#N)c3ccc(Br)cc3)cc2C(C)CC1(C)C. The molecule has 3 rings (SSSR count). The van der Waals surface area contributed by atoms with Crippen molar-refractivity contribution >= 4 is 33.3 Å². The van der Waals surface area contributed by atoms with E-state index in [0.29, 0.717) is 11.5 Å². The van der Waals surface area contributed by atoms with Gasteiger partial charge < -0.3 is 4.90 Å². The summed E-state index contributed by atoms with van der Waals surface area (Å²) in [5.41, 5.74) is 6.89. The van der Waals surface area contributed by atoms with Crippen LogP contribution in [-0.4, -0.2) is 12.1 Å². The second-order valence-corrected chi connectivity index (χ2v) is 9.02. The van der Waals surface area contributed by atoms with Gasteiger partial charge in [0.2, 0.25) is 0 Å². The van der Waals surface area contributed by atoms with Gasteiger partial charge in [-0.25, -0.2) is 0 Å². The predicted octanol–water partition coefficient (Wildman–Crippen LogP) is 6.93. The molecule has 0 fully saturated rings. The van der Waals surface area contributed by atoms with Crippen LogP contribution in [0.1, 0.15) is 62.3 Å². The first-order valence-corrected chi connectivity index (χ1v) is 10.4. The summed E-state index contributed by atoms with van der Waals surface area (Å²) in [4.78, 5) is 2.52. The average molecular weight is 423 g/mol. The van der Waals surface area contributed by atoms with Gasteiger partial charge in [-0.3, -0.25) is 0 Å². The molecule has 2 aromatic carbocycles. The number of nitriles is 1. The lowest BCUT2D eigenvalue weighted by Crippen LogP contribution is -2.48. The van der Waals surface area contributed by atoms with Crippen LogP contribution in [0.3, 0.4) is 0 Å². The van der Waals surface area contributed by atoms with Gasteiger partial charge in [0.25, 0.3) is 0 Å². The number of hydrogen-bond donors (Lipinski definition) is 0. The number of fused-ring (bicyclic) bond motifs is 1. The number of nitrogens with zero attached hydrogens (tertiary/aromatic N) is 2. The minimum Gasteiger partial charge on any atom is -0.366 e. The van der Waals surface area contributed by atoms with Gasteiger partial charge in [-0.2, -0.15) is 5.26 Å². The molecule has 0 radical (unpaired) electrons. The third-order valence-corrected chi connectivity index (χ3v) is 6.19. The molecule has 140 valence electrons. The van der Waals surface area contributed by atoms with Crippen molar-refractivity contribution in [3.05, 3.63) is 63.1 Å². The molecule has 1 aliphatic heterocycles. The number of aryl methyl sites for hydroxylation is 1. The van der Waals surface area contributed by atoms with Gasteiger partial charge in [-0.1, -0.05) is 35.0 Å². The van der Waals surface area contributed by atoms with Gasteiger partial charge in [0.05, 0.1) is 11.6 Å². The van der Waals surface area contributed by atoms with E-state index in [4.69, 9.17) is 0 Å². The molecule has 27 heavy (non-hydrogen) atoms. The molecule has 1 unspecified atom stereocenters. The van der Waals surface area contributed by atoms with Crippen molar-refractivity contribution < 1.29 is 0 Å². The van der Waals surface area contributed by atoms with E-state index in [0.717, 1.165) is 28.6 Å². The first-order chi connectivity index (χ1) is 12.8. The lowest BCUT2D eigenvalue weighted by atomic mass is 9.79. The van der Waals surface area contributed by atoms with Gasteiger partial charge in [-0.15, -0.1) is 0 Å². The molecular weight excluding hydrogens is 396 g/mol. The summed E-state index contributed by atoms with van der Waals surface area (Å²) < 4.78 is 1.02. The first kappa shape index (κ1) is 19.7. The van der Waals surface area contributed by atoms with E-state index in [1.807, 2.05) is 30.3 Å². The molecule has 0 aliphatic carbocycles. The van der Waals surface area contributed by atoms with Crippen LogP contribution < -0.4 is 4.90 Å². The smallest absolute Gasteiger partial charge is 0.0998 e. The zero-order chi connectivity index (χ0) is 19.8. The molecule has 0 saturated carbocycles. The Morgan fingerprint density at radius 2 is 1.96 bits per heavy atom. The molecule has 0 N–H and O–H groups in total. The third kappa shape index (κ3) is 3.82. The first-order valence-electron chi connectivity index (χ1n) is 9.56. The van der Waals surface area contributed by atoms with Crippen LogP contribution in [0, 0.1) is 18.3 Å². The highest BCUT2D eigenvalue weighted by Crippen LogP contribution is 2.44. The maximum atomic E-state index is 9.70. The zero-order valence-corrected chi connectivity index (χ0v) is 18.4. The summed E-state index contributed by atoms with van der Waals surface area (Å²) in [5.74, 6) is 0.503. The number of anilines is 1. The molecule has 1 atom stereocenters. The largest absolute Gasteiger partial charge is 0.366 e. The molecule has 0 bridgehead atoms. The zero-order valence-electron chi connectivity index (χ0n) is 16.8. The Balaban J connectivity index is 2.10. The van der Waals surface area contributed by atoms with Crippen LogP contribution in [0.5, 0.6) is 0 Å². The maximum absolute atomic E-state index is 9.70. The summed E-state index contributed by atoms with van der Waals surface area (Å²) in [6.45, 7) is 12.4. The molecule has 0 saturated heterocycles. The topological polar surface area (TPSA) is 27.0 Å². The van der Waals surface area contributed by atoms with Gasteiger partial charge in [0, 0.05) is 22.2 Å². The number of allylic oxidation sites excluding steroid dienone is 1. The molecular formula is C24H27BrN2. The van der Waals surface area contributed by atoms with Crippen molar-refractivity contribution in [1.82, 2.24) is 0 Å². The van der Waals surface area contributed by atoms with E-state index in [2.05, 4.69) is 73.7 Å². The van der Waals surface area contributed by atoms with E-state index in [-0.39, 0.29) is 5.54 Å².